The molecule has 110 valence electrons. The molecule has 1 rings (SSSR count). The van der Waals surface area contributed by atoms with Gasteiger partial charge in [-0.05, 0) is 44.6 Å². The molecule has 1 aromatic rings. The van der Waals surface area contributed by atoms with Gasteiger partial charge in [0.05, 0.1) is 6.61 Å². The van der Waals surface area contributed by atoms with Gasteiger partial charge < -0.3 is 10.1 Å². The van der Waals surface area contributed by atoms with Crippen LogP contribution in [0.3, 0.4) is 0 Å². The average Bonchev–Trinajstić information content (AvgIpc) is 2.42. The van der Waals surface area contributed by atoms with Crippen molar-refractivity contribution in [2.45, 2.75) is 32.7 Å². The minimum atomic E-state index is -0.116. The molecule has 0 fully saturated rings. The highest BCUT2D eigenvalue weighted by atomic mass is 32.1. The van der Waals surface area contributed by atoms with Crippen molar-refractivity contribution < 1.29 is 9.53 Å². The second kappa shape index (κ2) is 9.14. The van der Waals surface area contributed by atoms with E-state index in [1.807, 2.05) is 44.2 Å². The maximum Gasteiger partial charge on any atom is 0.238 e. The number of rotatable bonds is 6. The van der Waals surface area contributed by atoms with Crippen molar-refractivity contribution in [3.63, 3.8) is 0 Å². The van der Waals surface area contributed by atoms with Gasteiger partial charge in [-0.3, -0.25) is 15.6 Å². The van der Waals surface area contributed by atoms with Crippen molar-refractivity contribution in [2.24, 2.45) is 0 Å². The van der Waals surface area contributed by atoms with Crippen LogP contribution in [0.2, 0.25) is 0 Å². The van der Waals surface area contributed by atoms with Gasteiger partial charge in [0.1, 0.15) is 5.75 Å². The molecule has 0 saturated heterocycles. The first-order valence-electron chi connectivity index (χ1n) is 6.61. The van der Waals surface area contributed by atoms with Gasteiger partial charge in [-0.15, -0.1) is 0 Å². The molecule has 0 aliphatic carbocycles. The van der Waals surface area contributed by atoms with Crippen molar-refractivity contribution >= 4 is 23.2 Å². The van der Waals surface area contributed by atoms with Crippen LogP contribution in [0, 0.1) is 0 Å². The quantitative estimate of drug-likeness (QED) is 0.424. The molecule has 0 unspecified atom stereocenters. The summed E-state index contributed by atoms with van der Waals surface area (Å²) in [6.07, 6.45) is 1.02. The number of hydrogen-bond acceptors (Lipinski definition) is 3. The molecule has 0 radical (unpaired) electrons. The summed E-state index contributed by atoms with van der Waals surface area (Å²) in [4.78, 5) is 11.5. The molecule has 0 saturated carbocycles. The van der Waals surface area contributed by atoms with Crippen LogP contribution >= 0.6 is 12.2 Å². The Morgan fingerprint density at radius 2 is 1.95 bits per heavy atom. The van der Waals surface area contributed by atoms with Crippen LogP contribution in [0.5, 0.6) is 5.75 Å². The number of benzene rings is 1. The number of nitrogens with one attached hydrogen (secondary N) is 3. The first kappa shape index (κ1) is 16.2. The minimum absolute atomic E-state index is 0.116. The van der Waals surface area contributed by atoms with Gasteiger partial charge in [0.25, 0.3) is 0 Å². The van der Waals surface area contributed by atoms with E-state index in [0.717, 1.165) is 5.75 Å². The largest absolute Gasteiger partial charge is 0.494 e. The van der Waals surface area contributed by atoms with E-state index in [-0.39, 0.29) is 11.9 Å². The lowest BCUT2D eigenvalue weighted by atomic mass is 10.3. The van der Waals surface area contributed by atoms with E-state index < -0.39 is 0 Å². The summed E-state index contributed by atoms with van der Waals surface area (Å²) in [7, 11) is 0. The second-order valence-electron chi connectivity index (χ2n) is 4.57. The monoisotopic (exact) mass is 295 g/mol. The fourth-order valence-corrected chi connectivity index (χ4v) is 1.71. The third-order valence-corrected chi connectivity index (χ3v) is 2.52. The molecular formula is C14H21N3O2S. The molecular weight excluding hydrogens is 274 g/mol. The lowest BCUT2D eigenvalue weighted by Crippen LogP contribution is -2.48. The Morgan fingerprint density at radius 3 is 2.60 bits per heavy atom. The van der Waals surface area contributed by atoms with Crippen LogP contribution in [0.1, 0.15) is 26.7 Å². The molecule has 6 heteroatoms. The van der Waals surface area contributed by atoms with Crippen molar-refractivity contribution in [3.8, 4) is 5.75 Å². The Balaban J connectivity index is 2.07. The summed E-state index contributed by atoms with van der Waals surface area (Å²) in [5, 5.41) is 3.38. The summed E-state index contributed by atoms with van der Waals surface area (Å²) >= 11 is 4.99. The Kier molecular flexibility index (Phi) is 7.42. The SMILES string of the molecule is CC(C)NC(=S)NNC(=O)CCCOc1ccccc1. The van der Waals surface area contributed by atoms with Crippen LogP contribution < -0.4 is 20.9 Å². The number of para-hydroxylation sites is 1. The molecule has 0 atom stereocenters. The normalized spacial score (nSPS) is 9.95. The Labute approximate surface area is 125 Å². The van der Waals surface area contributed by atoms with Gasteiger partial charge >= 0.3 is 0 Å². The van der Waals surface area contributed by atoms with Crippen molar-refractivity contribution in [1.82, 2.24) is 16.2 Å². The summed E-state index contributed by atoms with van der Waals surface area (Å²) < 4.78 is 5.50. The van der Waals surface area contributed by atoms with Gasteiger partial charge in [-0.1, -0.05) is 18.2 Å². The van der Waals surface area contributed by atoms with Crippen molar-refractivity contribution in [3.05, 3.63) is 30.3 Å². The van der Waals surface area contributed by atoms with Crippen LogP contribution in [-0.4, -0.2) is 23.7 Å². The summed E-state index contributed by atoms with van der Waals surface area (Å²) in [5.74, 6) is 0.697. The van der Waals surface area contributed by atoms with E-state index in [2.05, 4.69) is 16.2 Å². The minimum Gasteiger partial charge on any atom is -0.494 e. The standard InChI is InChI=1S/C14H21N3O2S/c1-11(2)15-14(20)17-16-13(18)9-6-10-19-12-7-4-3-5-8-12/h3-5,7-8,11H,6,9-10H2,1-2H3,(H,16,18)(H2,15,17,20). The van der Waals surface area contributed by atoms with E-state index in [1.54, 1.807) is 0 Å². The third kappa shape index (κ3) is 7.58. The fraction of sp³-hybridized carbons (Fsp3) is 0.429. The number of amides is 1. The lowest BCUT2D eigenvalue weighted by molar-refractivity contribution is -0.121. The third-order valence-electron chi connectivity index (χ3n) is 2.30. The number of hydrazine groups is 1. The number of carbonyl (C=O) groups is 1. The lowest BCUT2D eigenvalue weighted by Gasteiger charge is -2.13. The zero-order valence-electron chi connectivity index (χ0n) is 11.8. The Bertz CT molecular complexity index is 424. The highest BCUT2D eigenvalue weighted by Gasteiger charge is 2.03. The summed E-state index contributed by atoms with van der Waals surface area (Å²) in [5.41, 5.74) is 5.19. The molecule has 0 aromatic heterocycles. The van der Waals surface area contributed by atoms with E-state index in [1.165, 1.54) is 0 Å². The van der Waals surface area contributed by atoms with Gasteiger partial charge in [0.2, 0.25) is 5.91 Å². The summed E-state index contributed by atoms with van der Waals surface area (Å²) in [6, 6.07) is 9.75. The molecule has 3 N–H and O–H groups in total. The van der Waals surface area contributed by atoms with E-state index in [9.17, 15) is 4.79 Å². The predicted molar refractivity (Wildman–Crippen MR) is 83.3 cm³/mol. The zero-order chi connectivity index (χ0) is 14.8. The fourth-order valence-electron chi connectivity index (χ4n) is 1.43. The molecule has 0 bridgehead atoms. The van der Waals surface area contributed by atoms with Gasteiger partial charge in [0, 0.05) is 12.5 Å². The van der Waals surface area contributed by atoms with Crippen LogP contribution in [0.25, 0.3) is 0 Å². The maximum atomic E-state index is 11.5. The number of thiocarbonyl (C=S) groups is 1. The van der Waals surface area contributed by atoms with E-state index >= 15 is 0 Å². The molecule has 0 aliphatic heterocycles. The average molecular weight is 295 g/mol. The van der Waals surface area contributed by atoms with Crippen LogP contribution in [-0.2, 0) is 4.79 Å². The Hall–Kier alpha value is -1.82. The molecule has 0 aliphatic rings. The van der Waals surface area contributed by atoms with Crippen LogP contribution in [0.15, 0.2) is 30.3 Å². The van der Waals surface area contributed by atoms with Crippen molar-refractivity contribution in [2.75, 3.05) is 6.61 Å². The number of ether oxygens (including phenoxy) is 1. The molecule has 5 nitrogen and oxygen atoms in total. The highest BCUT2D eigenvalue weighted by molar-refractivity contribution is 7.80. The van der Waals surface area contributed by atoms with Crippen molar-refractivity contribution in [1.29, 1.82) is 0 Å². The predicted octanol–water partition coefficient (Wildman–Crippen LogP) is 1.75. The zero-order valence-corrected chi connectivity index (χ0v) is 12.6. The molecule has 0 spiro atoms. The first-order chi connectivity index (χ1) is 9.58. The second-order valence-corrected chi connectivity index (χ2v) is 4.97. The molecule has 1 aromatic carbocycles. The molecule has 1 amide bonds. The number of carbonyl (C=O) groups excluding carboxylic acids is 1. The van der Waals surface area contributed by atoms with Gasteiger partial charge in [-0.25, -0.2) is 0 Å². The van der Waals surface area contributed by atoms with Gasteiger partial charge in [-0.2, -0.15) is 0 Å². The molecule has 0 heterocycles. The van der Waals surface area contributed by atoms with E-state index in [4.69, 9.17) is 17.0 Å². The topological polar surface area (TPSA) is 62.4 Å². The Morgan fingerprint density at radius 1 is 1.25 bits per heavy atom. The number of hydrogen-bond donors (Lipinski definition) is 3. The van der Waals surface area contributed by atoms with Gasteiger partial charge in [0.15, 0.2) is 5.11 Å². The summed E-state index contributed by atoms with van der Waals surface area (Å²) in [6.45, 7) is 4.44. The maximum absolute atomic E-state index is 11.5. The van der Waals surface area contributed by atoms with E-state index in [0.29, 0.717) is 24.6 Å². The molecule has 20 heavy (non-hydrogen) atoms. The van der Waals surface area contributed by atoms with Crippen LogP contribution in [0.4, 0.5) is 0 Å². The first-order valence-corrected chi connectivity index (χ1v) is 7.02. The highest BCUT2D eigenvalue weighted by Crippen LogP contribution is 2.08. The smallest absolute Gasteiger partial charge is 0.238 e.